The first kappa shape index (κ1) is 24.1. The summed E-state index contributed by atoms with van der Waals surface area (Å²) in [7, 11) is 0. The third-order valence-corrected chi connectivity index (χ3v) is 3.73. The molecule has 0 fully saturated rings. The van der Waals surface area contributed by atoms with Gasteiger partial charge in [0.15, 0.2) is 0 Å². The van der Waals surface area contributed by atoms with Crippen molar-refractivity contribution >= 4 is 17.8 Å². The second kappa shape index (κ2) is 10.3. The molecule has 0 saturated carbocycles. The Morgan fingerprint density at radius 3 is 2.04 bits per heavy atom. The molecule has 6 heteroatoms. The van der Waals surface area contributed by atoms with E-state index in [-0.39, 0.29) is 54.8 Å². The lowest BCUT2D eigenvalue weighted by Gasteiger charge is -2.33. The first-order valence-corrected chi connectivity index (χ1v) is 9.00. The maximum absolute atomic E-state index is 12.4. The van der Waals surface area contributed by atoms with Crippen LogP contribution in [0, 0.1) is 16.7 Å². The summed E-state index contributed by atoms with van der Waals surface area (Å²) < 4.78 is 10.2. The number of ether oxygens (including phenoxy) is 2. The van der Waals surface area contributed by atoms with Gasteiger partial charge in [0.1, 0.15) is 13.2 Å². The van der Waals surface area contributed by atoms with E-state index < -0.39 is 5.97 Å². The van der Waals surface area contributed by atoms with Crippen LogP contribution in [0.2, 0.25) is 0 Å². The van der Waals surface area contributed by atoms with Gasteiger partial charge in [-0.2, -0.15) is 0 Å². The highest BCUT2D eigenvalue weighted by Crippen LogP contribution is 2.36. The van der Waals surface area contributed by atoms with Crippen LogP contribution in [0.25, 0.3) is 0 Å². The predicted molar refractivity (Wildman–Crippen MR) is 101 cm³/mol. The Morgan fingerprint density at radius 1 is 1.00 bits per heavy atom. The highest BCUT2D eigenvalue weighted by atomic mass is 16.5. The lowest BCUT2D eigenvalue weighted by atomic mass is 9.72. The number of amides is 1. The van der Waals surface area contributed by atoms with Crippen molar-refractivity contribution < 1.29 is 23.9 Å². The van der Waals surface area contributed by atoms with Crippen LogP contribution in [0.15, 0.2) is 12.2 Å². The Labute approximate surface area is 157 Å². The molecule has 6 nitrogen and oxygen atoms in total. The summed E-state index contributed by atoms with van der Waals surface area (Å²) in [4.78, 5) is 35.4. The molecule has 0 radical (unpaired) electrons. The van der Waals surface area contributed by atoms with Crippen molar-refractivity contribution in [2.24, 2.45) is 16.7 Å². The largest absolute Gasteiger partial charge is 0.465 e. The van der Waals surface area contributed by atoms with E-state index in [1.54, 1.807) is 6.92 Å². The molecule has 150 valence electrons. The molecule has 0 aromatic heterocycles. The van der Waals surface area contributed by atoms with E-state index in [0.717, 1.165) is 6.42 Å². The van der Waals surface area contributed by atoms with Crippen molar-refractivity contribution in [1.82, 2.24) is 5.32 Å². The van der Waals surface area contributed by atoms with Crippen LogP contribution in [-0.4, -0.2) is 37.6 Å². The van der Waals surface area contributed by atoms with Crippen LogP contribution in [0.4, 0.5) is 0 Å². The van der Waals surface area contributed by atoms with Gasteiger partial charge in [0.05, 0.1) is 18.9 Å². The topological polar surface area (TPSA) is 81.7 Å². The van der Waals surface area contributed by atoms with Crippen molar-refractivity contribution in [2.75, 3.05) is 19.8 Å². The number of carbonyl (C=O) groups is 3. The number of esters is 2. The summed E-state index contributed by atoms with van der Waals surface area (Å²) in [6.07, 6.45) is 0.794. The summed E-state index contributed by atoms with van der Waals surface area (Å²) in [5, 5.41) is 2.61. The molecule has 0 aliphatic heterocycles. The second-order valence-electron chi connectivity index (χ2n) is 8.87. The minimum atomic E-state index is -0.486. The highest BCUT2D eigenvalue weighted by molar-refractivity contribution is 5.86. The van der Waals surface area contributed by atoms with Gasteiger partial charge in [0.25, 0.3) is 0 Å². The van der Waals surface area contributed by atoms with E-state index in [9.17, 15) is 14.4 Å². The SMILES string of the molecule is C=C(C)C(=O)OCCNC(=O)CCOC(=O)C(CC(C)(C)C)C(C)(C)C. The zero-order valence-corrected chi connectivity index (χ0v) is 17.4. The first-order valence-electron chi connectivity index (χ1n) is 9.00. The Balaban J connectivity index is 4.23. The molecule has 1 atom stereocenters. The van der Waals surface area contributed by atoms with Crippen LogP contribution in [0.5, 0.6) is 0 Å². The molecule has 1 amide bonds. The Bertz CT molecular complexity index is 511. The van der Waals surface area contributed by atoms with Crippen molar-refractivity contribution in [3.8, 4) is 0 Å². The van der Waals surface area contributed by atoms with E-state index in [1.807, 2.05) is 20.8 Å². The average molecular weight is 370 g/mol. The summed E-state index contributed by atoms with van der Waals surface area (Å²) >= 11 is 0. The first-order chi connectivity index (χ1) is 11.7. The molecule has 26 heavy (non-hydrogen) atoms. The van der Waals surface area contributed by atoms with Crippen molar-refractivity contribution in [3.05, 3.63) is 12.2 Å². The van der Waals surface area contributed by atoms with Gasteiger partial charge >= 0.3 is 11.9 Å². The number of rotatable bonds is 9. The molecule has 0 heterocycles. The summed E-state index contributed by atoms with van der Waals surface area (Å²) in [6, 6.07) is 0. The van der Waals surface area contributed by atoms with Gasteiger partial charge in [0, 0.05) is 5.57 Å². The summed E-state index contributed by atoms with van der Waals surface area (Å²) in [5.41, 5.74) is 0.113. The van der Waals surface area contributed by atoms with Gasteiger partial charge in [-0.3, -0.25) is 9.59 Å². The third-order valence-electron chi connectivity index (χ3n) is 3.73. The van der Waals surface area contributed by atoms with Gasteiger partial charge in [0.2, 0.25) is 5.91 Å². The molecule has 1 N–H and O–H groups in total. The second-order valence-corrected chi connectivity index (χ2v) is 8.87. The highest BCUT2D eigenvalue weighted by Gasteiger charge is 2.35. The van der Waals surface area contributed by atoms with Crippen LogP contribution < -0.4 is 5.32 Å². The summed E-state index contributed by atoms with van der Waals surface area (Å²) in [5.74, 6) is -1.24. The molecule has 0 aliphatic carbocycles. The lowest BCUT2D eigenvalue weighted by molar-refractivity contribution is -0.154. The maximum Gasteiger partial charge on any atom is 0.333 e. The smallest absolute Gasteiger partial charge is 0.333 e. The van der Waals surface area contributed by atoms with Gasteiger partial charge in [-0.1, -0.05) is 48.1 Å². The maximum atomic E-state index is 12.4. The molecule has 1 unspecified atom stereocenters. The molecule has 0 aliphatic rings. The zero-order chi connectivity index (χ0) is 20.5. The van der Waals surface area contributed by atoms with Crippen molar-refractivity contribution in [1.29, 1.82) is 0 Å². The van der Waals surface area contributed by atoms with Gasteiger partial charge in [-0.25, -0.2) is 4.79 Å². The van der Waals surface area contributed by atoms with E-state index in [1.165, 1.54) is 0 Å². The predicted octanol–water partition coefficient (Wildman–Crippen LogP) is 3.25. The molecule has 0 aromatic rings. The Morgan fingerprint density at radius 2 is 1.58 bits per heavy atom. The Hall–Kier alpha value is -1.85. The zero-order valence-electron chi connectivity index (χ0n) is 17.4. The fourth-order valence-electron chi connectivity index (χ4n) is 2.25. The molecule has 0 bridgehead atoms. The number of hydrogen-bond acceptors (Lipinski definition) is 5. The van der Waals surface area contributed by atoms with Gasteiger partial charge in [-0.05, 0) is 24.2 Å². The molecular formula is C20H35NO5. The molecule has 0 saturated heterocycles. The number of carbonyl (C=O) groups excluding carboxylic acids is 3. The van der Waals surface area contributed by atoms with Crippen molar-refractivity contribution in [2.45, 2.75) is 61.3 Å². The summed E-state index contributed by atoms with van der Waals surface area (Å²) in [6.45, 7) is 17.7. The number of nitrogens with one attached hydrogen (secondary N) is 1. The van der Waals surface area contributed by atoms with Gasteiger partial charge < -0.3 is 14.8 Å². The molecule has 0 aromatic carbocycles. The Kier molecular flexibility index (Phi) is 9.60. The third kappa shape index (κ3) is 10.9. The van der Waals surface area contributed by atoms with Crippen molar-refractivity contribution in [3.63, 3.8) is 0 Å². The van der Waals surface area contributed by atoms with Crippen LogP contribution in [0.1, 0.15) is 61.3 Å². The van der Waals surface area contributed by atoms with Crippen LogP contribution in [-0.2, 0) is 23.9 Å². The van der Waals surface area contributed by atoms with E-state index in [2.05, 4.69) is 32.7 Å². The van der Waals surface area contributed by atoms with E-state index in [0.29, 0.717) is 5.57 Å². The standard InChI is InChI=1S/C20H35NO5/c1-14(2)17(23)26-12-10-21-16(22)9-11-25-18(24)15(20(6,7)8)13-19(3,4)5/h15H,1,9-13H2,2-8H3,(H,21,22). The molecule has 0 rings (SSSR count). The van der Waals surface area contributed by atoms with E-state index >= 15 is 0 Å². The van der Waals surface area contributed by atoms with E-state index in [4.69, 9.17) is 9.47 Å². The lowest BCUT2D eigenvalue weighted by Crippen LogP contribution is -2.34. The fourth-order valence-corrected chi connectivity index (χ4v) is 2.25. The minimum Gasteiger partial charge on any atom is -0.465 e. The molecule has 0 spiro atoms. The minimum absolute atomic E-state index is 0.00949. The quantitative estimate of drug-likeness (QED) is 0.383. The molecular weight excluding hydrogens is 334 g/mol. The average Bonchev–Trinajstić information content (AvgIpc) is 2.46. The van der Waals surface area contributed by atoms with Crippen LogP contribution in [0.3, 0.4) is 0 Å². The van der Waals surface area contributed by atoms with Gasteiger partial charge in [-0.15, -0.1) is 0 Å². The normalized spacial score (nSPS) is 12.9. The monoisotopic (exact) mass is 369 g/mol. The van der Waals surface area contributed by atoms with Crippen LogP contribution >= 0.6 is 0 Å². The number of hydrogen-bond donors (Lipinski definition) is 1. The fraction of sp³-hybridized carbons (Fsp3) is 0.750.